The van der Waals surface area contributed by atoms with Crippen LogP contribution in [-0.2, 0) is 4.74 Å². The summed E-state index contributed by atoms with van der Waals surface area (Å²) in [5.41, 5.74) is 0. The molecule has 0 fully saturated rings. The van der Waals surface area contributed by atoms with Crippen LogP contribution in [0, 0.1) is 0 Å². The van der Waals surface area contributed by atoms with Crippen LogP contribution >= 0.6 is 0 Å². The van der Waals surface area contributed by atoms with Gasteiger partial charge in [-0.15, -0.1) is 0 Å². The van der Waals surface area contributed by atoms with Crippen LogP contribution in [0.3, 0.4) is 0 Å². The van der Waals surface area contributed by atoms with Crippen molar-refractivity contribution in [2.45, 2.75) is 0 Å². The van der Waals surface area contributed by atoms with Gasteiger partial charge in [-0.2, -0.15) is 0 Å². The Morgan fingerprint density at radius 3 is 1.29 bits per heavy atom. The van der Waals surface area contributed by atoms with E-state index < -0.39 is 0 Å². The van der Waals surface area contributed by atoms with Crippen molar-refractivity contribution in [2.24, 2.45) is 0 Å². The van der Waals surface area contributed by atoms with Gasteiger partial charge in [0.05, 0.1) is 68.6 Å². The summed E-state index contributed by atoms with van der Waals surface area (Å²) in [5, 5.41) is 0. The number of ether oxygens (including phenoxy) is 1. The van der Waals surface area contributed by atoms with Gasteiger partial charge < -0.3 is 13.7 Å². The molecule has 0 aromatic rings. The van der Waals surface area contributed by atoms with Gasteiger partial charge in [-0.05, 0) is 12.2 Å². The lowest BCUT2D eigenvalue weighted by Crippen LogP contribution is -2.34. The molecule has 3 nitrogen and oxygen atoms in total. The van der Waals surface area contributed by atoms with Gasteiger partial charge >= 0.3 is 0 Å². The normalized spacial score (nSPS) is 14.0. The Bertz CT molecular complexity index is 218. The second kappa shape index (κ2) is 7.64. The molecule has 100 valence electrons. The van der Waals surface area contributed by atoms with E-state index in [1.165, 1.54) is 0 Å². The van der Waals surface area contributed by atoms with Gasteiger partial charge in [-0.3, -0.25) is 0 Å². The van der Waals surface area contributed by atoms with Crippen LogP contribution in [0.15, 0.2) is 24.3 Å². The summed E-state index contributed by atoms with van der Waals surface area (Å²) in [7, 11) is 13.1. The zero-order valence-corrected chi connectivity index (χ0v) is 12.4. The summed E-state index contributed by atoms with van der Waals surface area (Å²) in [6.07, 6.45) is 8.54. The summed E-state index contributed by atoms with van der Waals surface area (Å²) in [4.78, 5) is 0. The highest BCUT2D eigenvalue weighted by Gasteiger charge is 2.01. The van der Waals surface area contributed by atoms with Crippen LogP contribution in [0.4, 0.5) is 0 Å². The molecule has 0 unspecified atom stereocenters. The second-order valence-corrected chi connectivity index (χ2v) is 6.43. The summed E-state index contributed by atoms with van der Waals surface area (Å²) >= 11 is 0. The monoisotopic (exact) mass is 242 g/mol. The van der Waals surface area contributed by atoms with Crippen LogP contribution in [0.5, 0.6) is 0 Å². The van der Waals surface area contributed by atoms with Crippen molar-refractivity contribution >= 4 is 0 Å². The van der Waals surface area contributed by atoms with E-state index in [0.29, 0.717) is 13.2 Å². The summed E-state index contributed by atoms with van der Waals surface area (Å²) in [6, 6.07) is 0. The number of quaternary nitrogens is 2. The SMILES string of the molecule is C[N+](C)(C)CC=CCOCC=CC[N+](C)(C)C. The van der Waals surface area contributed by atoms with Gasteiger partial charge in [0.25, 0.3) is 0 Å². The number of nitrogens with zero attached hydrogens (tertiary/aromatic N) is 2. The maximum Gasteiger partial charge on any atom is 0.0968 e. The molecular formula is C14H30N2O+2. The topological polar surface area (TPSA) is 9.23 Å². The predicted molar refractivity (Wildman–Crippen MR) is 74.9 cm³/mol. The Morgan fingerprint density at radius 1 is 0.647 bits per heavy atom. The molecule has 0 rings (SSSR count). The van der Waals surface area contributed by atoms with Crippen molar-refractivity contribution in [3.8, 4) is 0 Å². The van der Waals surface area contributed by atoms with E-state index in [0.717, 1.165) is 22.1 Å². The number of hydrogen-bond donors (Lipinski definition) is 0. The molecule has 0 aromatic heterocycles. The summed E-state index contributed by atoms with van der Waals surface area (Å²) < 4.78 is 7.39. The van der Waals surface area contributed by atoms with E-state index in [1.807, 2.05) is 0 Å². The Morgan fingerprint density at radius 2 is 1.00 bits per heavy atom. The fourth-order valence-corrected chi connectivity index (χ4v) is 1.12. The quantitative estimate of drug-likeness (QED) is 0.356. The fourth-order valence-electron chi connectivity index (χ4n) is 1.12. The van der Waals surface area contributed by atoms with Gasteiger partial charge in [-0.1, -0.05) is 12.2 Å². The lowest BCUT2D eigenvalue weighted by Gasteiger charge is -2.21. The van der Waals surface area contributed by atoms with Gasteiger partial charge in [0.1, 0.15) is 0 Å². The van der Waals surface area contributed by atoms with Gasteiger partial charge in [0.15, 0.2) is 0 Å². The van der Waals surface area contributed by atoms with E-state index in [-0.39, 0.29) is 0 Å². The lowest BCUT2D eigenvalue weighted by atomic mass is 10.4. The largest absolute Gasteiger partial charge is 0.373 e. The van der Waals surface area contributed by atoms with E-state index in [4.69, 9.17) is 4.74 Å². The Hall–Kier alpha value is -0.640. The average Bonchev–Trinajstić information content (AvgIpc) is 2.11. The third-order valence-corrected chi connectivity index (χ3v) is 2.07. The Labute approximate surface area is 107 Å². The first-order valence-corrected chi connectivity index (χ1v) is 6.19. The van der Waals surface area contributed by atoms with E-state index in [9.17, 15) is 0 Å². The molecule has 0 heterocycles. The highest BCUT2D eigenvalue weighted by atomic mass is 16.5. The predicted octanol–water partition coefficient (Wildman–Crippen LogP) is 1.53. The maximum atomic E-state index is 5.48. The zero-order chi connectivity index (χ0) is 13.4. The number of hydrogen-bond acceptors (Lipinski definition) is 1. The first-order valence-electron chi connectivity index (χ1n) is 6.19. The van der Waals surface area contributed by atoms with Crippen molar-refractivity contribution in [1.82, 2.24) is 0 Å². The van der Waals surface area contributed by atoms with Crippen LogP contribution < -0.4 is 0 Å². The van der Waals surface area contributed by atoms with Gasteiger partial charge in [-0.25, -0.2) is 0 Å². The van der Waals surface area contributed by atoms with E-state index in [1.54, 1.807) is 0 Å². The molecule has 0 atom stereocenters. The van der Waals surface area contributed by atoms with Crippen LogP contribution in [0.25, 0.3) is 0 Å². The second-order valence-electron chi connectivity index (χ2n) is 6.43. The first kappa shape index (κ1) is 16.4. The van der Waals surface area contributed by atoms with Crippen molar-refractivity contribution in [3.63, 3.8) is 0 Å². The number of rotatable bonds is 8. The Kier molecular flexibility index (Phi) is 7.35. The van der Waals surface area contributed by atoms with Crippen molar-refractivity contribution in [3.05, 3.63) is 24.3 Å². The third kappa shape index (κ3) is 15.4. The van der Waals surface area contributed by atoms with Gasteiger partial charge in [0, 0.05) is 0 Å². The molecule has 3 heteroatoms. The van der Waals surface area contributed by atoms with Crippen molar-refractivity contribution < 1.29 is 13.7 Å². The highest BCUT2D eigenvalue weighted by Crippen LogP contribution is 1.91. The minimum Gasteiger partial charge on any atom is -0.373 e. The molecule has 0 N–H and O–H groups in total. The average molecular weight is 242 g/mol. The Balaban J connectivity index is 3.47. The maximum absolute atomic E-state index is 5.48. The molecule has 0 bridgehead atoms. The lowest BCUT2D eigenvalue weighted by molar-refractivity contribution is -0.864. The van der Waals surface area contributed by atoms with E-state index >= 15 is 0 Å². The fraction of sp³-hybridized carbons (Fsp3) is 0.714. The molecule has 17 heavy (non-hydrogen) atoms. The molecule has 0 aliphatic rings. The van der Waals surface area contributed by atoms with Crippen LogP contribution in [-0.4, -0.2) is 77.6 Å². The minimum absolute atomic E-state index is 0.703. The van der Waals surface area contributed by atoms with Crippen LogP contribution in [0.1, 0.15) is 0 Å². The van der Waals surface area contributed by atoms with Crippen LogP contribution in [0.2, 0.25) is 0 Å². The molecule has 0 saturated heterocycles. The molecule has 0 saturated carbocycles. The highest BCUT2D eigenvalue weighted by molar-refractivity contribution is 4.84. The van der Waals surface area contributed by atoms with Crippen molar-refractivity contribution in [2.75, 3.05) is 68.6 Å². The van der Waals surface area contributed by atoms with E-state index in [2.05, 4.69) is 66.6 Å². The zero-order valence-electron chi connectivity index (χ0n) is 12.4. The van der Waals surface area contributed by atoms with Gasteiger partial charge in [0.2, 0.25) is 0 Å². The number of likely N-dealkylation sites (N-methyl/N-ethyl adjacent to an activating group) is 2. The summed E-state index contributed by atoms with van der Waals surface area (Å²) in [5.74, 6) is 0. The summed E-state index contributed by atoms with van der Waals surface area (Å²) in [6.45, 7) is 3.49. The standard InChI is InChI=1S/C14H30N2O/c1-15(2,3)11-7-9-13-17-14-10-8-12-16(4,5)6/h7-10H,11-14H2,1-6H3/q+2. The molecule has 0 aliphatic carbocycles. The molecule has 0 spiro atoms. The first-order chi connectivity index (χ1) is 7.71. The molecular weight excluding hydrogens is 212 g/mol. The molecule has 0 radical (unpaired) electrons. The minimum atomic E-state index is 0.703. The smallest absolute Gasteiger partial charge is 0.0968 e. The molecule has 0 aromatic carbocycles. The third-order valence-electron chi connectivity index (χ3n) is 2.07. The van der Waals surface area contributed by atoms with Crippen molar-refractivity contribution in [1.29, 1.82) is 0 Å². The molecule has 0 aliphatic heterocycles. The molecule has 0 amide bonds.